The van der Waals surface area contributed by atoms with Crippen LogP contribution in [0, 0.1) is 18.6 Å². The van der Waals surface area contributed by atoms with Crippen molar-refractivity contribution in [2.24, 2.45) is 0 Å². The molecule has 1 amide bonds. The van der Waals surface area contributed by atoms with E-state index in [-0.39, 0.29) is 23.3 Å². The molecule has 0 spiro atoms. The molecule has 2 aromatic rings. The van der Waals surface area contributed by atoms with Crippen LogP contribution in [0.1, 0.15) is 56.8 Å². The van der Waals surface area contributed by atoms with Gasteiger partial charge in [0.1, 0.15) is 23.0 Å². The predicted molar refractivity (Wildman–Crippen MR) is 117 cm³/mol. The monoisotopic (exact) mass is 503 g/mol. The molecule has 11 heteroatoms. The molecule has 0 radical (unpaired) electrons. The molecule has 0 saturated carbocycles. The van der Waals surface area contributed by atoms with Gasteiger partial charge < -0.3 is 19.9 Å². The van der Waals surface area contributed by atoms with Gasteiger partial charge in [-0.05, 0) is 63.9 Å². The summed E-state index contributed by atoms with van der Waals surface area (Å²) in [7, 11) is 0. The third-order valence-electron chi connectivity index (χ3n) is 4.72. The van der Waals surface area contributed by atoms with Crippen molar-refractivity contribution in [3.63, 3.8) is 0 Å². The Balaban J connectivity index is 2.74. The molecule has 0 unspecified atom stereocenters. The highest BCUT2D eigenvalue weighted by atomic mass is 19.4. The van der Waals surface area contributed by atoms with Crippen LogP contribution < -0.4 is 5.32 Å². The molecule has 2 aromatic carbocycles. The number of nitrogens with one attached hydrogen (secondary N) is 1. The summed E-state index contributed by atoms with van der Waals surface area (Å²) in [6.07, 6.45) is -6.98. The first kappa shape index (κ1) is 27.9. The highest BCUT2D eigenvalue weighted by Crippen LogP contribution is 2.41. The lowest BCUT2D eigenvalue weighted by atomic mass is 9.91. The van der Waals surface area contributed by atoms with Gasteiger partial charge in [-0.25, -0.2) is 13.6 Å². The Morgan fingerprint density at radius 1 is 1.09 bits per heavy atom. The van der Waals surface area contributed by atoms with E-state index in [1.165, 1.54) is 34.6 Å². The fourth-order valence-corrected chi connectivity index (χ4v) is 3.43. The summed E-state index contributed by atoms with van der Waals surface area (Å²) in [5.74, 6) is -4.14. The van der Waals surface area contributed by atoms with E-state index < -0.39 is 64.8 Å². The number of esters is 1. The second-order valence-corrected chi connectivity index (χ2v) is 8.75. The molecule has 0 bridgehead atoms. The van der Waals surface area contributed by atoms with Crippen molar-refractivity contribution in [3.05, 3.63) is 52.6 Å². The minimum absolute atomic E-state index is 0.0586. The molecule has 1 atom stereocenters. The molecular weight excluding hydrogens is 477 g/mol. The lowest BCUT2D eigenvalue weighted by Gasteiger charge is -2.25. The number of amides is 1. The first-order chi connectivity index (χ1) is 16.0. The van der Waals surface area contributed by atoms with Crippen LogP contribution in [0.25, 0.3) is 11.1 Å². The van der Waals surface area contributed by atoms with Gasteiger partial charge in [0.15, 0.2) is 0 Å². The molecule has 0 aliphatic carbocycles. The van der Waals surface area contributed by atoms with Crippen LogP contribution in [0.2, 0.25) is 0 Å². The van der Waals surface area contributed by atoms with Gasteiger partial charge in [0.2, 0.25) is 0 Å². The van der Waals surface area contributed by atoms with Crippen molar-refractivity contribution >= 4 is 12.1 Å². The number of aromatic hydroxyl groups is 1. The van der Waals surface area contributed by atoms with E-state index in [0.717, 1.165) is 12.1 Å². The quantitative estimate of drug-likeness (QED) is 0.363. The zero-order valence-electron chi connectivity index (χ0n) is 19.8. The number of ether oxygens (including phenoxy) is 2. The average molecular weight is 503 g/mol. The summed E-state index contributed by atoms with van der Waals surface area (Å²) in [6, 6.07) is 1.49. The number of halogens is 5. The van der Waals surface area contributed by atoms with Crippen LogP contribution in [0.3, 0.4) is 0 Å². The second kappa shape index (κ2) is 10.5. The van der Waals surface area contributed by atoms with Gasteiger partial charge in [0, 0.05) is 17.2 Å². The summed E-state index contributed by atoms with van der Waals surface area (Å²) in [6.45, 7) is 7.40. The van der Waals surface area contributed by atoms with E-state index in [9.17, 15) is 32.3 Å². The molecule has 0 aromatic heterocycles. The van der Waals surface area contributed by atoms with Crippen LogP contribution >= 0.6 is 0 Å². The molecule has 2 rings (SSSR count). The van der Waals surface area contributed by atoms with Crippen LogP contribution in [0.4, 0.5) is 26.7 Å². The minimum Gasteiger partial charge on any atom is -0.507 e. The number of alkyl carbamates (subject to hydrolysis) is 1. The first-order valence-electron chi connectivity index (χ1n) is 10.6. The summed E-state index contributed by atoms with van der Waals surface area (Å²) in [5, 5.41) is 12.5. The number of hydrogen-bond donors (Lipinski definition) is 2. The number of carbonyl (C=O) groups excluding carboxylic acids is 2. The maximum Gasteiger partial charge on any atom is 0.419 e. The number of benzene rings is 2. The lowest BCUT2D eigenvalue weighted by molar-refractivity contribution is -0.143. The Bertz CT molecular complexity index is 1090. The van der Waals surface area contributed by atoms with Crippen molar-refractivity contribution in [1.82, 2.24) is 5.32 Å². The Kier molecular flexibility index (Phi) is 8.35. The standard InChI is InChI=1S/C24H26F5NO5/c1-6-34-19(32)11-17(30-22(33)35-23(3,4)5)15-8-13(9-16(21(15)26)24(27,28)29)20-12(2)7-14(25)10-18(20)31/h7-10,17,31H,6,11H2,1-5H3,(H,30,33)/t17-/m0/s1. The van der Waals surface area contributed by atoms with E-state index in [1.807, 2.05) is 0 Å². The predicted octanol–water partition coefficient (Wildman–Crippen LogP) is 6.18. The number of aryl methyl sites for hydroxylation is 1. The van der Waals surface area contributed by atoms with Gasteiger partial charge in [-0.15, -0.1) is 0 Å². The summed E-state index contributed by atoms with van der Waals surface area (Å²) in [5.41, 5.74) is -3.79. The topological polar surface area (TPSA) is 84.9 Å². The van der Waals surface area contributed by atoms with Crippen molar-refractivity contribution in [2.45, 2.75) is 58.9 Å². The van der Waals surface area contributed by atoms with E-state index in [2.05, 4.69) is 5.32 Å². The number of phenolic OH excluding ortho intramolecular Hbond substituents is 1. The minimum atomic E-state index is -5.17. The van der Waals surface area contributed by atoms with Crippen LogP contribution in [-0.2, 0) is 20.4 Å². The molecule has 0 saturated heterocycles. The number of phenols is 1. The average Bonchev–Trinajstić information content (AvgIpc) is 2.65. The zero-order chi connectivity index (χ0) is 26.7. The number of rotatable bonds is 6. The maximum atomic E-state index is 15.2. The van der Waals surface area contributed by atoms with E-state index in [4.69, 9.17) is 9.47 Å². The Morgan fingerprint density at radius 3 is 2.23 bits per heavy atom. The van der Waals surface area contributed by atoms with Crippen LogP contribution in [-0.4, -0.2) is 29.4 Å². The fourth-order valence-electron chi connectivity index (χ4n) is 3.43. The molecule has 35 heavy (non-hydrogen) atoms. The maximum absolute atomic E-state index is 15.2. The normalized spacial score (nSPS) is 12.7. The summed E-state index contributed by atoms with van der Waals surface area (Å²) in [4.78, 5) is 24.5. The Hall–Kier alpha value is -3.37. The molecule has 6 nitrogen and oxygen atoms in total. The molecular formula is C24H26F5NO5. The molecule has 0 aliphatic rings. The smallest absolute Gasteiger partial charge is 0.419 e. The van der Waals surface area contributed by atoms with Crippen molar-refractivity contribution in [3.8, 4) is 16.9 Å². The van der Waals surface area contributed by atoms with Gasteiger partial charge in [0.05, 0.1) is 24.6 Å². The van der Waals surface area contributed by atoms with Gasteiger partial charge in [-0.2, -0.15) is 13.2 Å². The highest BCUT2D eigenvalue weighted by Gasteiger charge is 2.38. The van der Waals surface area contributed by atoms with E-state index in [1.54, 1.807) is 0 Å². The fraction of sp³-hybridized carbons (Fsp3) is 0.417. The third-order valence-corrected chi connectivity index (χ3v) is 4.72. The lowest BCUT2D eigenvalue weighted by Crippen LogP contribution is -2.36. The van der Waals surface area contributed by atoms with E-state index >= 15 is 4.39 Å². The molecule has 192 valence electrons. The Morgan fingerprint density at radius 2 is 1.71 bits per heavy atom. The zero-order valence-corrected chi connectivity index (χ0v) is 19.8. The third kappa shape index (κ3) is 7.30. The first-order valence-corrected chi connectivity index (χ1v) is 10.6. The van der Waals surface area contributed by atoms with Crippen molar-refractivity contribution < 1.29 is 46.1 Å². The van der Waals surface area contributed by atoms with Crippen molar-refractivity contribution in [2.75, 3.05) is 6.61 Å². The van der Waals surface area contributed by atoms with Crippen LogP contribution in [0.5, 0.6) is 5.75 Å². The van der Waals surface area contributed by atoms with Gasteiger partial charge in [-0.1, -0.05) is 0 Å². The molecule has 0 fully saturated rings. The largest absolute Gasteiger partial charge is 0.507 e. The Labute approximate surface area is 199 Å². The molecule has 2 N–H and O–H groups in total. The number of alkyl halides is 3. The van der Waals surface area contributed by atoms with Gasteiger partial charge >= 0.3 is 18.2 Å². The SMILES string of the molecule is CCOC(=O)C[C@H](NC(=O)OC(C)(C)C)c1cc(-c2c(C)cc(F)cc2O)cc(C(F)(F)F)c1F. The highest BCUT2D eigenvalue weighted by molar-refractivity contribution is 5.77. The van der Waals surface area contributed by atoms with Crippen LogP contribution in [0.15, 0.2) is 24.3 Å². The van der Waals surface area contributed by atoms with E-state index in [0.29, 0.717) is 12.1 Å². The summed E-state index contributed by atoms with van der Waals surface area (Å²) >= 11 is 0. The molecule has 0 aliphatic heterocycles. The number of hydrogen-bond acceptors (Lipinski definition) is 5. The second-order valence-electron chi connectivity index (χ2n) is 8.75. The molecule has 0 heterocycles. The van der Waals surface area contributed by atoms with Gasteiger partial charge in [-0.3, -0.25) is 4.79 Å². The van der Waals surface area contributed by atoms with Crippen molar-refractivity contribution in [1.29, 1.82) is 0 Å². The van der Waals surface area contributed by atoms with Gasteiger partial charge in [0.25, 0.3) is 0 Å². The number of carbonyl (C=O) groups is 2. The summed E-state index contributed by atoms with van der Waals surface area (Å²) < 4.78 is 80.1.